The van der Waals surface area contributed by atoms with Crippen molar-refractivity contribution in [3.8, 4) is 17.1 Å². The number of amides is 1. The van der Waals surface area contributed by atoms with Gasteiger partial charge in [0.1, 0.15) is 5.75 Å². The van der Waals surface area contributed by atoms with Gasteiger partial charge in [0.15, 0.2) is 11.0 Å². The molecule has 0 aliphatic heterocycles. The predicted molar refractivity (Wildman–Crippen MR) is 118 cm³/mol. The maximum absolute atomic E-state index is 12.7. The minimum Gasteiger partial charge on any atom is -0.433 e. The van der Waals surface area contributed by atoms with E-state index in [9.17, 15) is 13.6 Å². The lowest BCUT2D eigenvalue weighted by Crippen LogP contribution is -2.23. The van der Waals surface area contributed by atoms with Crippen molar-refractivity contribution in [1.29, 1.82) is 0 Å². The quantitative estimate of drug-likeness (QED) is 0.334. The third kappa shape index (κ3) is 5.83. The monoisotopic (exact) mass is 464 g/mol. The molecule has 1 aromatic heterocycles. The maximum Gasteiger partial charge on any atom is 0.387 e. The fourth-order valence-electron chi connectivity index (χ4n) is 2.70. The first-order chi connectivity index (χ1) is 14.9. The molecule has 0 spiro atoms. The molecule has 3 rings (SSSR count). The minimum absolute atomic E-state index is 0.108. The van der Waals surface area contributed by atoms with Gasteiger partial charge in [-0.25, -0.2) is 0 Å². The number of thioether (sulfide) groups is 1. The van der Waals surface area contributed by atoms with Crippen LogP contribution in [0.2, 0.25) is 5.02 Å². The highest BCUT2D eigenvalue weighted by Gasteiger charge is 2.22. The summed E-state index contributed by atoms with van der Waals surface area (Å²) in [6.07, 6.45) is 1.70. The molecule has 31 heavy (non-hydrogen) atoms. The van der Waals surface area contributed by atoms with Gasteiger partial charge in [0.05, 0.1) is 10.9 Å². The van der Waals surface area contributed by atoms with Crippen LogP contribution in [0.5, 0.6) is 5.75 Å². The van der Waals surface area contributed by atoms with Crippen LogP contribution in [0.25, 0.3) is 11.4 Å². The standard InChI is InChI=1S/C21H19ClF2N4O2S/c1-3-12-28-18(14-8-10-15(22)11-9-14)26-27-21(28)31-13(2)19(29)25-16-6-4-5-7-17(16)30-20(23)24/h3-11,13,20H,1,12H2,2H3,(H,25,29). The molecule has 1 amide bonds. The highest BCUT2D eigenvalue weighted by atomic mass is 35.5. The number of nitrogens with one attached hydrogen (secondary N) is 1. The zero-order valence-corrected chi connectivity index (χ0v) is 18.0. The Morgan fingerprint density at radius 2 is 1.97 bits per heavy atom. The molecule has 0 bridgehead atoms. The number of alkyl halides is 2. The van der Waals surface area contributed by atoms with Crippen LogP contribution in [0.3, 0.4) is 0 Å². The fourth-order valence-corrected chi connectivity index (χ4v) is 3.68. The molecule has 2 aromatic carbocycles. The van der Waals surface area contributed by atoms with Crippen molar-refractivity contribution < 1.29 is 18.3 Å². The first-order valence-corrected chi connectivity index (χ1v) is 10.5. The summed E-state index contributed by atoms with van der Waals surface area (Å²) in [5, 5.41) is 11.6. The molecule has 3 aromatic rings. The van der Waals surface area contributed by atoms with E-state index in [0.29, 0.717) is 22.5 Å². The lowest BCUT2D eigenvalue weighted by Gasteiger charge is -2.15. The summed E-state index contributed by atoms with van der Waals surface area (Å²) >= 11 is 7.15. The third-order valence-electron chi connectivity index (χ3n) is 4.14. The number of halogens is 3. The number of carbonyl (C=O) groups excluding carboxylic acids is 1. The van der Waals surface area contributed by atoms with Crippen LogP contribution < -0.4 is 10.1 Å². The molecular formula is C21H19ClF2N4O2S. The van der Waals surface area contributed by atoms with Gasteiger partial charge in [-0.05, 0) is 43.3 Å². The first kappa shape index (κ1) is 22.8. The van der Waals surface area contributed by atoms with Gasteiger partial charge in [0, 0.05) is 17.1 Å². The van der Waals surface area contributed by atoms with E-state index < -0.39 is 17.8 Å². The number of aromatic nitrogens is 3. The average Bonchev–Trinajstić information content (AvgIpc) is 3.12. The number of hydrogen-bond acceptors (Lipinski definition) is 5. The van der Waals surface area contributed by atoms with Crippen LogP contribution in [0, 0.1) is 0 Å². The van der Waals surface area contributed by atoms with Crippen molar-refractivity contribution in [3.63, 3.8) is 0 Å². The van der Waals surface area contributed by atoms with Crippen LogP contribution in [0.1, 0.15) is 6.92 Å². The van der Waals surface area contributed by atoms with E-state index >= 15 is 0 Å². The third-order valence-corrected chi connectivity index (χ3v) is 5.48. The van der Waals surface area contributed by atoms with Crippen molar-refractivity contribution in [2.45, 2.75) is 30.5 Å². The molecule has 0 aliphatic carbocycles. The lowest BCUT2D eigenvalue weighted by atomic mass is 10.2. The van der Waals surface area contributed by atoms with E-state index in [2.05, 4.69) is 26.8 Å². The van der Waals surface area contributed by atoms with Gasteiger partial charge in [0.2, 0.25) is 5.91 Å². The topological polar surface area (TPSA) is 69.0 Å². The van der Waals surface area contributed by atoms with Gasteiger partial charge in [-0.2, -0.15) is 8.78 Å². The second kappa shape index (κ2) is 10.4. The number of anilines is 1. The summed E-state index contributed by atoms with van der Waals surface area (Å²) in [5.41, 5.74) is 0.982. The molecule has 10 heteroatoms. The predicted octanol–water partition coefficient (Wildman–Crippen LogP) is 5.51. The Morgan fingerprint density at radius 3 is 2.65 bits per heavy atom. The zero-order valence-electron chi connectivity index (χ0n) is 16.5. The van der Waals surface area contributed by atoms with Gasteiger partial charge < -0.3 is 10.1 Å². The molecule has 0 fully saturated rings. The van der Waals surface area contributed by atoms with Crippen molar-refractivity contribution >= 4 is 35.0 Å². The van der Waals surface area contributed by atoms with Crippen LogP contribution >= 0.6 is 23.4 Å². The second-order valence-corrected chi connectivity index (χ2v) is 8.08. The number of para-hydroxylation sites is 2. The van der Waals surface area contributed by atoms with Crippen LogP contribution in [-0.4, -0.2) is 32.5 Å². The number of carbonyl (C=O) groups is 1. The SMILES string of the molecule is C=CCn1c(SC(C)C(=O)Nc2ccccc2OC(F)F)nnc1-c1ccc(Cl)cc1. The highest BCUT2D eigenvalue weighted by molar-refractivity contribution is 8.00. The molecular weight excluding hydrogens is 446 g/mol. The number of nitrogens with zero attached hydrogens (tertiary/aromatic N) is 3. The molecule has 0 radical (unpaired) electrons. The average molecular weight is 465 g/mol. The first-order valence-electron chi connectivity index (χ1n) is 9.20. The Hall–Kier alpha value is -2.91. The zero-order chi connectivity index (χ0) is 22.4. The second-order valence-electron chi connectivity index (χ2n) is 6.34. The van der Waals surface area contributed by atoms with Crippen molar-refractivity contribution in [1.82, 2.24) is 14.8 Å². The van der Waals surface area contributed by atoms with Gasteiger partial charge in [-0.15, -0.1) is 16.8 Å². The van der Waals surface area contributed by atoms with Gasteiger partial charge in [-0.3, -0.25) is 9.36 Å². The number of benzene rings is 2. The van der Waals surface area contributed by atoms with Crippen LogP contribution in [0.15, 0.2) is 66.3 Å². The maximum atomic E-state index is 12.7. The Labute approximate surface area is 187 Å². The van der Waals surface area contributed by atoms with Crippen molar-refractivity contribution in [2.24, 2.45) is 0 Å². The van der Waals surface area contributed by atoms with Gasteiger partial charge in [0.25, 0.3) is 0 Å². The summed E-state index contributed by atoms with van der Waals surface area (Å²) in [5.74, 6) is 0.113. The van der Waals surface area contributed by atoms with Gasteiger partial charge >= 0.3 is 6.61 Å². The minimum atomic E-state index is -2.99. The fraction of sp³-hybridized carbons (Fsp3) is 0.190. The van der Waals surface area contributed by atoms with Gasteiger partial charge in [-0.1, -0.05) is 41.6 Å². The molecule has 0 aliphatic rings. The van der Waals surface area contributed by atoms with E-state index in [1.54, 1.807) is 37.3 Å². The lowest BCUT2D eigenvalue weighted by molar-refractivity contribution is -0.115. The van der Waals surface area contributed by atoms with E-state index in [4.69, 9.17) is 11.6 Å². The highest BCUT2D eigenvalue weighted by Crippen LogP contribution is 2.30. The Morgan fingerprint density at radius 1 is 1.26 bits per heavy atom. The molecule has 162 valence electrons. The normalized spacial score (nSPS) is 11.9. The van der Waals surface area contributed by atoms with E-state index in [-0.39, 0.29) is 11.4 Å². The van der Waals surface area contributed by atoms with Crippen LogP contribution in [0.4, 0.5) is 14.5 Å². The molecule has 0 saturated heterocycles. The van der Waals surface area contributed by atoms with Crippen molar-refractivity contribution in [2.75, 3.05) is 5.32 Å². The smallest absolute Gasteiger partial charge is 0.387 e. The van der Waals surface area contributed by atoms with E-state index in [1.165, 1.54) is 23.9 Å². The largest absolute Gasteiger partial charge is 0.433 e. The number of allylic oxidation sites excluding steroid dienone is 1. The molecule has 1 atom stereocenters. The Balaban J connectivity index is 1.77. The summed E-state index contributed by atoms with van der Waals surface area (Å²) in [4.78, 5) is 12.7. The molecule has 0 saturated carbocycles. The summed E-state index contributed by atoms with van der Waals surface area (Å²) < 4.78 is 31.5. The molecule has 1 unspecified atom stereocenters. The Kier molecular flexibility index (Phi) is 7.64. The van der Waals surface area contributed by atoms with E-state index in [0.717, 1.165) is 5.56 Å². The summed E-state index contributed by atoms with van der Waals surface area (Å²) in [7, 11) is 0. The molecule has 1 heterocycles. The molecule has 6 nitrogen and oxygen atoms in total. The molecule has 1 N–H and O–H groups in total. The van der Waals surface area contributed by atoms with Crippen molar-refractivity contribution in [3.05, 3.63) is 66.2 Å². The summed E-state index contributed by atoms with van der Waals surface area (Å²) in [6.45, 7) is 2.90. The number of hydrogen-bond donors (Lipinski definition) is 1. The number of ether oxygens (including phenoxy) is 1. The van der Waals surface area contributed by atoms with Crippen LogP contribution in [-0.2, 0) is 11.3 Å². The number of rotatable bonds is 9. The Bertz CT molecular complexity index is 1060. The van der Waals surface area contributed by atoms with E-state index in [1.807, 2.05) is 16.7 Å². The summed E-state index contributed by atoms with van der Waals surface area (Å²) in [6, 6.07) is 13.2.